The second kappa shape index (κ2) is 8.81. The van der Waals surface area contributed by atoms with Crippen LogP contribution in [0.5, 0.6) is 0 Å². The molecular weight excluding hydrogens is 342 g/mol. The van der Waals surface area contributed by atoms with Crippen LogP contribution in [0.25, 0.3) is 0 Å². The van der Waals surface area contributed by atoms with Crippen molar-refractivity contribution < 1.29 is 4.79 Å². The van der Waals surface area contributed by atoms with E-state index in [1.165, 1.54) is 0 Å². The summed E-state index contributed by atoms with van der Waals surface area (Å²) in [5.41, 5.74) is 1.70. The van der Waals surface area contributed by atoms with Crippen molar-refractivity contribution in [2.24, 2.45) is 5.41 Å². The Kier molecular flexibility index (Phi) is 6.75. The van der Waals surface area contributed by atoms with Gasteiger partial charge in [0, 0.05) is 19.3 Å². The second-order valence-corrected chi connectivity index (χ2v) is 7.85. The highest BCUT2D eigenvalue weighted by atomic mass is 32.1. The minimum Gasteiger partial charge on any atom is -0.350 e. The van der Waals surface area contributed by atoms with E-state index in [2.05, 4.69) is 10.6 Å². The number of hydrogen-bond acceptors (Lipinski definition) is 2. The van der Waals surface area contributed by atoms with Crippen LogP contribution in [-0.4, -0.2) is 29.0 Å². The van der Waals surface area contributed by atoms with Gasteiger partial charge in [-0.1, -0.05) is 69.3 Å². The van der Waals surface area contributed by atoms with Crippen molar-refractivity contribution in [3.05, 3.63) is 66.2 Å². The molecule has 0 aromatic heterocycles. The average Bonchev–Trinajstić information content (AvgIpc) is 2.60. The van der Waals surface area contributed by atoms with Crippen LogP contribution >= 0.6 is 12.2 Å². The highest BCUT2D eigenvalue weighted by Crippen LogP contribution is 2.22. The van der Waals surface area contributed by atoms with Crippen molar-refractivity contribution in [3.63, 3.8) is 0 Å². The monoisotopic (exact) mass is 369 g/mol. The van der Waals surface area contributed by atoms with Crippen LogP contribution in [0.3, 0.4) is 0 Å². The quantitative estimate of drug-likeness (QED) is 0.781. The van der Waals surface area contributed by atoms with Crippen molar-refractivity contribution in [3.8, 4) is 0 Å². The second-order valence-electron chi connectivity index (χ2n) is 7.44. The summed E-state index contributed by atoms with van der Waals surface area (Å²) in [5, 5.41) is 6.78. The van der Waals surface area contributed by atoms with E-state index in [1.807, 2.05) is 88.5 Å². The summed E-state index contributed by atoms with van der Waals surface area (Å²) in [4.78, 5) is 14.8. The number of thiocarbonyl (C=S) groups is 1. The lowest BCUT2D eigenvalue weighted by Gasteiger charge is -2.34. The third kappa shape index (κ3) is 5.85. The Morgan fingerprint density at radius 3 is 2.12 bits per heavy atom. The van der Waals surface area contributed by atoms with Crippen LogP contribution in [0.2, 0.25) is 0 Å². The van der Waals surface area contributed by atoms with Gasteiger partial charge in [-0.15, -0.1) is 0 Å². The Morgan fingerprint density at radius 1 is 1.04 bits per heavy atom. The van der Waals surface area contributed by atoms with Crippen molar-refractivity contribution in [1.29, 1.82) is 0 Å². The third-order valence-corrected chi connectivity index (χ3v) is 4.28. The molecule has 0 saturated heterocycles. The van der Waals surface area contributed by atoms with Gasteiger partial charge in [0.15, 0.2) is 5.11 Å². The molecule has 0 saturated carbocycles. The number of nitrogens with zero attached hydrogens (tertiary/aromatic N) is 1. The first-order valence-electron chi connectivity index (χ1n) is 8.69. The van der Waals surface area contributed by atoms with Gasteiger partial charge in [-0.05, 0) is 35.3 Å². The first kappa shape index (κ1) is 19.9. The molecule has 0 aliphatic rings. The SMILES string of the molecule is CN(Cc1ccccc1)C(=O)[C@@H](NC(=S)Nc1ccccc1)C(C)(C)C. The van der Waals surface area contributed by atoms with Gasteiger partial charge in [0.2, 0.25) is 5.91 Å². The number of benzene rings is 2. The van der Waals surface area contributed by atoms with E-state index in [-0.39, 0.29) is 11.3 Å². The third-order valence-electron chi connectivity index (χ3n) is 4.06. The number of likely N-dealkylation sites (N-methyl/N-ethyl adjacent to an activating group) is 1. The molecule has 1 amide bonds. The van der Waals surface area contributed by atoms with Gasteiger partial charge >= 0.3 is 0 Å². The number of carbonyl (C=O) groups is 1. The highest BCUT2D eigenvalue weighted by Gasteiger charge is 2.34. The topological polar surface area (TPSA) is 44.4 Å². The van der Waals surface area contributed by atoms with Crippen molar-refractivity contribution in [2.75, 3.05) is 12.4 Å². The average molecular weight is 370 g/mol. The van der Waals surface area contributed by atoms with E-state index in [0.717, 1.165) is 11.3 Å². The lowest BCUT2D eigenvalue weighted by molar-refractivity contribution is -0.134. The van der Waals surface area contributed by atoms with E-state index >= 15 is 0 Å². The number of amides is 1. The molecule has 5 heteroatoms. The summed E-state index contributed by atoms with van der Waals surface area (Å²) in [6, 6.07) is 19.2. The summed E-state index contributed by atoms with van der Waals surface area (Å²) in [6.45, 7) is 6.66. The maximum absolute atomic E-state index is 13.1. The molecular formula is C21H27N3OS. The van der Waals surface area contributed by atoms with Crippen LogP contribution in [0.4, 0.5) is 5.69 Å². The lowest BCUT2D eigenvalue weighted by Crippen LogP contribution is -2.54. The Bertz CT molecular complexity index is 726. The lowest BCUT2D eigenvalue weighted by atomic mass is 9.86. The molecule has 2 rings (SSSR count). The van der Waals surface area contributed by atoms with Crippen molar-refractivity contribution in [2.45, 2.75) is 33.4 Å². The maximum atomic E-state index is 13.1. The van der Waals surface area contributed by atoms with Gasteiger partial charge in [-0.2, -0.15) is 0 Å². The number of nitrogens with one attached hydrogen (secondary N) is 2. The zero-order valence-corrected chi connectivity index (χ0v) is 16.6. The van der Waals surface area contributed by atoms with Gasteiger partial charge in [0.05, 0.1) is 0 Å². The standard InChI is InChI=1S/C21H27N3OS/c1-21(2,3)18(23-20(26)22-17-13-9-6-10-14-17)19(25)24(4)15-16-11-7-5-8-12-16/h5-14,18H,15H2,1-4H3,(H2,22,23,26)/t18-/m1/s1. The zero-order chi connectivity index (χ0) is 19.2. The highest BCUT2D eigenvalue weighted by molar-refractivity contribution is 7.80. The predicted molar refractivity (Wildman–Crippen MR) is 112 cm³/mol. The summed E-state index contributed by atoms with van der Waals surface area (Å²) in [7, 11) is 1.82. The first-order chi connectivity index (χ1) is 12.3. The summed E-state index contributed by atoms with van der Waals surface area (Å²) in [6.07, 6.45) is 0. The molecule has 2 aromatic carbocycles. The molecule has 26 heavy (non-hydrogen) atoms. The van der Waals surface area contributed by atoms with Crippen molar-refractivity contribution >= 4 is 28.9 Å². The normalized spacial score (nSPS) is 12.2. The van der Waals surface area contributed by atoms with Crippen molar-refractivity contribution in [1.82, 2.24) is 10.2 Å². The Balaban J connectivity index is 2.06. The van der Waals surface area contributed by atoms with Gasteiger partial charge in [0.1, 0.15) is 6.04 Å². The van der Waals surface area contributed by atoms with Crippen LogP contribution in [-0.2, 0) is 11.3 Å². The molecule has 0 fully saturated rings. The van der Waals surface area contributed by atoms with Gasteiger partial charge in [0.25, 0.3) is 0 Å². The molecule has 0 radical (unpaired) electrons. The number of rotatable bonds is 5. The molecule has 0 aliphatic heterocycles. The van der Waals surface area contributed by atoms with Gasteiger partial charge in [-0.3, -0.25) is 4.79 Å². The molecule has 2 aromatic rings. The predicted octanol–water partition coefficient (Wildman–Crippen LogP) is 4.05. The van der Waals surface area contributed by atoms with E-state index in [0.29, 0.717) is 11.7 Å². The van der Waals surface area contributed by atoms with Crippen LogP contribution in [0.15, 0.2) is 60.7 Å². The Hall–Kier alpha value is -2.40. The van der Waals surface area contributed by atoms with E-state index in [4.69, 9.17) is 12.2 Å². The number of anilines is 1. The molecule has 0 spiro atoms. The Morgan fingerprint density at radius 2 is 1.58 bits per heavy atom. The van der Waals surface area contributed by atoms with E-state index in [9.17, 15) is 4.79 Å². The molecule has 1 atom stereocenters. The molecule has 4 nitrogen and oxygen atoms in total. The van der Waals surface area contributed by atoms with Crippen LogP contribution in [0, 0.1) is 5.41 Å². The van der Waals surface area contributed by atoms with E-state index in [1.54, 1.807) is 4.90 Å². The van der Waals surface area contributed by atoms with Crippen LogP contribution < -0.4 is 10.6 Å². The Labute approximate surface area is 161 Å². The molecule has 0 heterocycles. The minimum atomic E-state index is -0.431. The minimum absolute atomic E-state index is 0.0126. The number of hydrogen-bond donors (Lipinski definition) is 2. The number of para-hydroxylation sites is 1. The maximum Gasteiger partial charge on any atom is 0.245 e. The molecule has 0 bridgehead atoms. The van der Waals surface area contributed by atoms with Crippen LogP contribution in [0.1, 0.15) is 26.3 Å². The zero-order valence-electron chi connectivity index (χ0n) is 15.8. The molecule has 2 N–H and O–H groups in total. The largest absolute Gasteiger partial charge is 0.350 e. The summed E-state index contributed by atoms with van der Waals surface area (Å²) < 4.78 is 0. The fraction of sp³-hybridized carbons (Fsp3) is 0.333. The molecule has 0 unspecified atom stereocenters. The van der Waals surface area contributed by atoms with Gasteiger partial charge < -0.3 is 15.5 Å². The number of carbonyl (C=O) groups excluding carboxylic acids is 1. The fourth-order valence-electron chi connectivity index (χ4n) is 2.62. The first-order valence-corrected chi connectivity index (χ1v) is 9.09. The fourth-order valence-corrected chi connectivity index (χ4v) is 2.86. The summed E-state index contributed by atoms with van der Waals surface area (Å²) in [5.74, 6) is 0.0126. The molecule has 0 aliphatic carbocycles. The van der Waals surface area contributed by atoms with Gasteiger partial charge in [-0.25, -0.2) is 0 Å². The summed E-state index contributed by atoms with van der Waals surface area (Å²) >= 11 is 5.42. The smallest absolute Gasteiger partial charge is 0.245 e. The van der Waals surface area contributed by atoms with E-state index < -0.39 is 6.04 Å². The molecule has 138 valence electrons.